The molecule has 0 bridgehead atoms. The molecule has 0 aromatic heterocycles. The molecule has 2 aliphatic heterocycles. The number of hydrogen-bond acceptors (Lipinski definition) is 12. The Hall–Kier alpha value is -1.98. The fourth-order valence-corrected chi connectivity index (χ4v) is 21.2. The van der Waals surface area contributed by atoms with E-state index in [0.717, 1.165) is 52.7 Å². The first-order chi connectivity index (χ1) is 32.3. The van der Waals surface area contributed by atoms with Crippen molar-refractivity contribution in [3.05, 3.63) is 126 Å². The summed E-state index contributed by atoms with van der Waals surface area (Å²) in [6.07, 6.45) is 2.07. The molecule has 4 aromatic rings. The van der Waals surface area contributed by atoms with Crippen LogP contribution in [0.1, 0.15) is 83.8 Å². The number of hydrogen-bond donors (Lipinski definition) is 3. The maximum absolute atomic E-state index is 12.6. The Bertz CT molecular complexity index is 1940. The van der Waals surface area contributed by atoms with Crippen LogP contribution >= 0.6 is 47.0 Å². The number of aliphatic hydroxyl groups excluding tert-OH is 3. The minimum atomic E-state index is -2.84. The van der Waals surface area contributed by atoms with Gasteiger partial charge >= 0.3 is 0 Å². The van der Waals surface area contributed by atoms with Crippen LogP contribution in [0.5, 0.6) is 5.75 Å². The van der Waals surface area contributed by atoms with Crippen LogP contribution in [0.25, 0.3) is 0 Å². The maximum Gasteiger partial charge on any atom is 0.261 e. The van der Waals surface area contributed by atoms with E-state index in [1.165, 1.54) is 10.4 Å². The Morgan fingerprint density at radius 1 is 0.657 bits per heavy atom. The lowest BCUT2D eigenvalue weighted by Gasteiger charge is -2.47. The van der Waals surface area contributed by atoms with Gasteiger partial charge in [-0.3, -0.25) is 0 Å². The fraction of sp³-hybridized carbons (Fsp3) is 0.556. The van der Waals surface area contributed by atoms with Crippen LogP contribution in [-0.4, -0.2) is 113 Å². The van der Waals surface area contributed by atoms with Crippen LogP contribution in [0.4, 0.5) is 0 Å². The van der Waals surface area contributed by atoms with E-state index < -0.39 is 36.8 Å². The highest BCUT2D eigenvalue weighted by atomic mass is 32.2. The molecule has 2 aliphatic rings. The quantitative estimate of drug-likeness (QED) is 0.0412. The average molecular weight is 1010 g/mol. The smallest absolute Gasteiger partial charge is 0.261 e. The first-order valence-electron chi connectivity index (χ1n) is 24.1. The summed E-state index contributed by atoms with van der Waals surface area (Å²) in [6, 6.07) is 39.1. The fourth-order valence-electron chi connectivity index (χ4n) is 9.52. The monoisotopic (exact) mass is 1010 g/mol. The molecule has 67 heavy (non-hydrogen) atoms. The number of benzene rings is 4. The standard InChI is InChI=1S/C54H76O8S4Si/c1-41(53(63-30-16-31-64-53)37-50(61-39-42-18-10-7-11-19-42)49(56)28-29-60-38-43-24-26-45(58-5)27-25-43)34-51(57)54(65-32-17-33-66-54)36-46(59-6)35-44(55)40-62-67(52(2,3)4,47-20-12-8-13-21-47)48-22-14-9-15-23-48/h7-15,18-27,41,44,46,49-51,55-57H,16-17,28-40H2,1-6H3/t41-,44-,46-,49-,50-,51-/m0/s1. The van der Waals surface area contributed by atoms with Crippen LogP contribution in [0, 0.1) is 5.92 Å². The van der Waals surface area contributed by atoms with Gasteiger partial charge in [0.25, 0.3) is 8.32 Å². The highest BCUT2D eigenvalue weighted by Gasteiger charge is 2.51. The zero-order valence-corrected chi connectivity index (χ0v) is 44.8. The van der Waals surface area contributed by atoms with Gasteiger partial charge in [0.2, 0.25) is 0 Å². The van der Waals surface area contributed by atoms with Crippen molar-refractivity contribution in [2.24, 2.45) is 5.92 Å². The summed E-state index contributed by atoms with van der Waals surface area (Å²) in [7, 11) is 0.548. The predicted molar refractivity (Wildman–Crippen MR) is 287 cm³/mol. The van der Waals surface area contributed by atoms with Crippen molar-refractivity contribution in [3.8, 4) is 5.75 Å². The van der Waals surface area contributed by atoms with E-state index in [9.17, 15) is 15.3 Å². The van der Waals surface area contributed by atoms with Gasteiger partial charge < -0.3 is 38.7 Å². The van der Waals surface area contributed by atoms with E-state index in [-0.39, 0.29) is 27.7 Å². The van der Waals surface area contributed by atoms with Crippen molar-refractivity contribution in [2.45, 2.75) is 130 Å². The number of rotatable bonds is 26. The molecule has 0 saturated carbocycles. The Balaban J connectivity index is 1.15. The molecule has 0 amide bonds. The van der Waals surface area contributed by atoms with Crippen LogP contribution < -0.4 is 15.1 Å². The Morgan fingerprint density at radius 2 is 1.19 bits per heavy atom. The number of methoxy groups -OCH3 is 2. The van der Waals surface area contributed by atoms with Crippen molar-refractivity contribution >= 4 is 65.7 Å². The molecule has 0 radical (unpaired) electrons. The van der Waals surface area contributed by atoms with Crippen molar-refractivity contribution in [2.75, 3.05) is 50.4 Å². The molecule has 2 saturated heterocycles. The zero-order chi connectivity index (χ0) is 47.8. The number of aliphatic hydroxyl groups is 3. The summed E-state index contributed by atoms with van der Waals surface area (Å²) in [5.74, 6) is 4.88. The molecule has 8 nitrogen and oxygen atoms in total. The van der Waals surface area contributed by atoms with Gasteiger partial charge in [-0.2, -0.15) is 0 Å². The summed E-state index contributed by atoms with van der Waals surface area (Å²) in [5.41, 5.74) is 2.12. The highest BCUT2D eigenvalue weighted by Crippen LogP contribution is 2.56. The molecule has 2 heterocycles. The second kappa shape index (κ2) is 26.5. The first kappa shape index (κ1) is 54.4. The Kier molecular flexibility index (Phi) is 21.5. The molecule has 3 N–H and O–H groups in total. The molecule has 6 rings (SSSR count). The highest BCUT2D eigenvalue weighted by molar-refractivity contribution is 8.19. The van der Waals surface area contributed by atoms with Gasteiger partial charge in [0.05, 0.1) is 65.6 Å². The topological polar surface area (TPSA) is 107 Å². The third-order valence-corrected chi connectivity index (χ3v) is 25.7. The van der Waals surface area contributed by atoms with Crippen LogP contribution in [0.2, 0.25) is 5.04 Å². The summed E-state index contributed by atoms with van der Waals surface area (Å²) in [6.45, 7) is 10.5. The minimum Gasteiger partial charge on any atom is -0.497 e. The largest absolute Gasteiger partial charge is 0.497 e. The number of thioether (sulfide) groups is 4. The molecule has 4 aromatic carbocycles. The van der Waals surface area contributed by atoms with Crippen molar-refractivity contribution in [1.82, 2.24) is 0 Å². The molecule has 2 fully saturated rings. The van der Waals surface area contributed by atoms with E-state index in [1.807, 2.05) is 102 Å². The molecule has 368 valence electrons. The predicted octanol–water partition coefficient (Wildman–Crippen LogP) is 10.2. The van der Waals surface area contributed by atoms with Gasteiger partial charge in [-0.1, -0.05) is 131 Å². The Morgan fingerprint density at radius 3 is 1.73 bits per heavy atom. The van der Waals surface area contributed by atoms with Gasteiger partial charge in [-0.25, -0.2) is 0 Å². The zero-order valence-electron chi connectivity index (χ0n) is 40.6. The van der Waals surface area contributed by atoms with E-state index in [1.54, 1.807) is 14.2 Å². The minimum absolute atomic E-state index is 0.102. The third kappa shape index (κ3) is 14.8. The van der Waals surface area contributed by atoms with Gasteiger partial charge in [-0.15, -0.1) is 47.0 Å². The van der Waals surface area contributed by atoms with Crippen molar-refractivity contribution < 1.29 is 38.7 Å². The lowest BCUT2D eigenvalue weighted by Crippen LogP contribution is -2.67. The maximum atomic E-state index is 12.6. The molecule has 6 atom stereocenters. The van der Waals surface area contributed by atoms with Crippen molar-refractivity contribution in [1.29, 1.82) is 0 Å². The van der Waals surface area contributed by atoms with E-state index in [2.05, 4.69) is 88.4 Å². The molecule has 0 unspecified atom stereocenters. The van der Waals surface area contributed by atoms with Crippen LogP contribution in [0.3, 0.4) is 0 Å². The molecular formula is C54H76O8S4Si. The number of ether oxygens (including phenoxy) is 4. The summed E-state index contributed by atoms with van der Waals surface area (Å²) in [4.78, 5) is 0. The second-order valence-electron chi connectivity index (χ2n) is 19.1. The summed E-state index contributed by atoms with van der Waals surface area (Å²) in [5, 5.41) is 38.5. The third-order valence-electron chi connectivity index (χ3n) is 13.3. The molecule has 0 aliphatic carbocycles. The average Bonchev–Trinajstić information content (AvgIpc) is 3.35. The lowest BCUT2D eigenvalue weighted by molar-refractivity contribution is -0.0647. The molecule has 0 spiro atoms. The normalized spacial score (nSPS) is 19.2. The summed E-state index contributed by atoms with van der Waals surface area (Å²) < 4.78 is 30.7. The second-order valence-corrected chi connectivity index (χ2v) is 29.6. The van der Waals surface area contributed by atoms with E-state index in [4.69, 9.17) is 23.4 Å². The van der Waals surface area contributed by atoms with Crippen LogP contribution in [-0.2, 0) is 31.9 Å². The van der Waals surface area contributed by atoms with Crippen molar-refractivity contribution in [3.63, 3.8) is 0 Å². The summed E-state index contributed by atoms with van der Waals surface area (Å²) >= 11 is 7.66. The van der Waals surface area contributed by atoms with Gasteiger partial charge in [0.15, 0.2) is 0 Å². The molecular weight excluding hydrogens is 933 g/mol. The first-order valence-corrected chi connectivity index (χ1v) is 29.9. The van der Waals surface area contributed by atoms with Gasteiger partial charge in [0, 0.05) is 26.6 Å². The van der Waals surface area contributed by atoms with E-state index >= 15 is 0 Å². The van der Waals surface area contributed by atoms with E-state index in [0.29, 0.717) is 51.9 Å². The SMILES string of the molecule is COc1ccc(COCC[C@H](O)[C@H](CC2([C@@H](C)C[C@H](O)C3(C[C@H](C[C@H](O)CO[Si](c4ccccc4)(c4ccccc4)C(C)(C)C)OC)SCCCS3)SCCCS2)OCc2ccccc2)cc1. The Labute approximate surface area is 419 Å². The lowest BCUT2D eigenvalue weighted by atomic mass is 9.90. The molecule has 13 heteroatoms. The van der Waals surface area contributed by atoms with Crippen LogP contribution in [0.15, 0.2) is 115 Å². The van der Waals surface area contributed by atoms with Gasteiger partial charge in [0.1, 0.15) is 5.75 Å². The van der Waals surface area contributed by atoms with Gasteiger partial charge in [-0.05, 0) is 99.7 Å².